The van der Waals surface area contributed by atoms with E-state index in [1.54, 1.807) is 0 Å². The first-order valence-electron chi connectivity index (χ1n) is 5.79. The molecular formula is C11H24N2O. The number of rotatable bonds is 4. The molecule has 0 aromatic heterocycles. The molecule has 1 heterocycles. The largest absolute Gasteiger partial charge is 0.396 e. The lowest BCUT2D eigenvalue weighted by molar-refractivity contribution is 0.187. The van der Waals surface area contributed by atoms with E-state index in [1.807, 2.05) is 0 Å². The summed E-state index contributed by atoms with van der Waals surface area (Å²) >= 11 is 0. The molecule has 1 aliphatic heterocycles. The highest BCUT2D eigenvalue weighted by molar-refractivity contribution is 4.89. The topological polar surface area (TPSA) is 44.3 Å². The van der Waals surface area contributed by atoms with Crippen molar-refractivity contribution >= 4 is 0 Å². The third-order valence-corrected chi connectivity index (χ3v) is 3.48. The van der Waals surface area contributed by atoms with Crippen LogP contribution in [0.25, 0.3) is 0 Å². The highest BCUT2D eigenvalue weighted by Crippen LogP contribution is 2.16. The Bertz CT molecular complexity index is 163. The smallest absolute Gasteiger partial charge is 0.0434 e. The summed E-state index contributed by atoms with van der Waals surface area (Å²) in [6.45, 7) is 7.96. The van der Waals surface area contributed by atoms with Gasteiger partial charge in [0, 0.05) is 31.3 Å². The summed E-state index contributed by atoms with van der Waals surface area (Å²) in [4.78, 5) is 0. The molecule has 1 fully saturated rings. The number of nitrogens with one attached hydrogen (secondary N) is 2. The number of hydrogen-bond donors (Lipinski definition) is 3. The van der Waals surface area contributed by atoms with E-state index in [-0.39, 0.29) is 0 Å². The Morgan fingerprint density at radius 1 is 1.36 bits per heavy atom. The molecule has 14 heavy (non-hydrogen) atoms. The average Bonchev–Trinajstić information content (AvgIpc) is 2.19. The van der Waals surface area contributed by atoms with E-state index in [0.29, 0.717) is 30.7 Å². The Morgan fingerprint density at radius 3 is 2.57 bits per heavy atom. The van der Waals surface area contributed by atoms with Crippen molar-refractivity contribution in [3.63, 3.8) is 0 Å². The first kappa shape index (κ1) is 12.0. The maximum Gasteiger partial charge on any atom is 0.0434 e. The molecule has 0 spiro atoms. The molecule has 0 saturated carbocycles. The van der Waals surface area contributed by atoms with Gasteiger partial charge in [-0.3, -0.25) is 0 Å². The van der Waals surface area contributed by atoms with E-state index in [1.165, 1.54) is 0 Å². The van der Waals surface area contributed by atoms with Gasteiger partial charge in [0.05, 0.1) is 0 Å². The lowest BCUT2D eigenvalue weighted by atomic mass is 9.90. The van der Waals surface area contributed by atoms with Crippen molar-refractivity contribution in [2.24, 2.45) is 5.92 Å². The van der Waals surface area contributed by atoms with Crippen LogP contribution in [-0.2, 0) is 0 Å². The minimum atomic E-state index is 0.306. The van der Waals surface area contributed by atoms with Crippen LogP contribution < -0.4 is 10.6 Å². The van der Waals surface area contributed by atoms with Gasteiger partial charge in [0.15, 0.2) is 0 Å². The molecule has 0 amide bonds. The first-order valence-corrected chi connectivity index (χ1v) is 5.79. The highest BCUT2D eigenvalue weighted by Gasteiger charge is 2.27. The molecule has 1 saturated heterocycles. The molecule has 4 atom stereocenters. The quantitative estimate of drug-likeness (QED) is 0.627. The van der Waals surface area contributed by atoms with Gasteiger partial charge >= 0.3 is 0 Å². The molecular weight excluding hydrogens is 176 g/mol. The molecule has 0 aromatic rings. The maximum absolute atomic E-state index is 8.97. The van der Waals surface area contributed by atoms with Crippen LogP contribution in [0.4, 0.5) is 0 Å². The van der Waals surface area contributed by atoms with Crippen molar-refractivity contribution in [1.29, 1.82) is 0 Å². The zero-order valence-corrected chi connectivity index (χ0v) is 9.59. The second-order valence-corrected chi connectivity index (χ2v) is 4.44. The summed E-state index contributed by atoms with van der Waals surface area (Å²) in [6.07, 6.45) is 2.05. The van der Waals surface area contributed by atoms with Crippen LogP contribution in [0.1, 0.15) is 33.6 Å². The molecule has 1 aliphatic rings. The van der Waals surface area contributed by atoms with E-state index in [9.17, 15) is 0 Å². The Morgan fingerprint density at radius 2 is 2.07 bits per heavy atom. The molecule has 3 nitrogen and oxygen atoms in total. The number of piperazine rings is 1. The SMILES string of the molecule is CCC(CCO)C1CNC(C)C(C)N1. The van der Waals surface area contributed by atoms with E-state index in [0.717, 1.165) is 19.4 Å². The van der Waals surface area contributed by atoms with Gasteiger partial charge in [-0.1, -0.05) is 13.3 Å². The fraction of sp³-hybridized carbons (Fsp3) is 1.00. The molecule has 0 radical (unpaired) electrons. The molecule has 1 rings (SSSR count). The van der Waals surface area contributed by atoms with E-state index in [4.69, 9.17) is 5.11 Å². The van der Waals surface area contributed by atoms with Crippen molar-refractivity contribution in [1.82, 2.24) is 10.6 Å². The van der Waals surface area contributed by atoms with Gasteiger partial charge in [-0.05, 0) is 26.2 Å². The normalized spacial score (nSPS) is 35.6. The highest BCUT2D eigenvalue weighted by atomic mass is 16.3. The van der Waals surface area contributed by atoms with Crippen LogP contribution in [-0.4, -0.2) is 36.4 Å². The maximum atomic E-state index is 8.97. The van der Waals surface area contributed by atoms with Crippen LogP contribution in [0.5, 0.6) is 0 Å². The molecule has 0 bridgehead atoms. The van der Waals surface area contributed by atoms with Crippen LogP contribution >= 0.6 is 0 Å². The molecule has 0 aromatic carbocycles. The second-order valence-electron chi connectivity index (χ2n) is 4.44. The molecule has 0 aliphatic carbocycles. The van der Waals surface area contributed by atoms with Gasteiger partial charge in [0.25, 0.3) is 0 Å². The molecule has 3 heteroatoms. The van der Waals surface area contributed by atoms with Crippen molar-refractivity contribution in [2.45, 2.75) is 51.7 Å². The van der Waals surface area contributed by atoms with Gasteiger partial charge < -0.3 is 15.7 Å². The minimum Gasteiger partial charge on any atom is -0.396 e. The number of aliphatic hydroxyl groups excluding tert-OH is 1. The zero-order valence-electron chi connectivity index (χ0n) is 9.59. The minimum absolute atomic E-state index is 0.306. The van der Waals surface area contributed by atoms with Gasteiger partial charge in [-0.15, -0.1) is 0 Å². The molecule has 4 unspecified atom stereocenters. The van der Waals surface area contributed by atoms with Crippen molar-refractivity contribution in [3.8, 4) is 0 Å². The first-order chi connectivity index (χ1) is 6.69. The Kier molecular flexibility index (Phi) is 4.85. The van der Waals surface area contributed by atoms with Crippen molar-refractivity contribution in [3.05, 3.63) is 0 Å². The summed E-state index contributed by atoms with van der Waals surface area (Å²) in [5.41, 5.74) is 0. The zero-order chi connectivity index (χ0) is 10.6. The Balaban J connectivity index is 2.43. The van der Waals surface area contributed by atoms with Crippen LogP contribution in [0.2, 0.25) is 0 Å². The fourth-order valence-electron chi connectivity index (χ4n) is 2.19. The fourth-order valence-corrected chi connectivity index (χ4v) is 2.19. The third-order valence-electron chi connectivity index (χ3n) is 3.48. The number of hydrogen-bond acceptors (Lipinski definition) is 3. The van der Waals surface area contributed by atoms with Crippen LogP contribution in [0, 0.1) is 5.92 Å². The Labute approximate surface area is 87.3 Å². The predicted molar refractivity (Wildman–Crippen MR) is 59.3 cm³/mol. The Hall–Kier alpha value is -0.120. The van der Waals surface area contributed by atoms with Gasteiger partial charge in [-0.25, -0.2) is 0 Å². The van der Waals surface area contributed by atoms with Crippen molar-refractivity contribution < 1.29 is 5.11 Å². The second kappa shape index (κ2) is 5.69. The van der Waals surface area contributed by atoms with E-state index < -0.39 is 0 Å². The molecule has 84 valence electrons. The summed E-state index contributed by atoms with van der Waals surface area (Å²) in [5.74, 6) is 0.599. The summed E-state index contributed by atoms with van der Waals surface area (Å²) < 4.78 is 0. The summed E-state index contributed by atoms with van der Waals surface area (Å²) in [5, 5.41) is 16.1. The molecule has 3 N–H and O–H groups in total. The van der Waals surface area contributed by atoms with Crippen molar-refractivity contribution in [2.75, 3.05) is 13.2 Å². The summed E-state index contributed by atoms with van der Waals surface area (Å²) in [6, 6.07) is 1.61. The van der Waals surface area contributed by atoms with Gasteiger partial charge in [0.1, 0.15) is 0 Å². The lowest BCUT2D eigenvalue weighted by Crippen LogP contribution is -2.60. The monoisotopic (exact) mass is 200 g/mol. The van der Waals surface area contributed by atoms with Crippen LogP contribution in [0.15, 0.2) is 0 Å². The standard InChI is InChI=1S/C11H24N2O/c1-4-10(5-6-14)11-7-12-8(2)9(3)13-11/h8-14H,4-7H2,1-3H3. The van der Waals surface area contributed by atoms with E-state index >= 15 is 0 Å². The van der Waals surface area contributed by atoms with Gasteiger partial charge in [-0.2, -0.15) is 0 Å². The summed E-state index contributed by atoms with van der Waals surface area (Å²) in [7, 11) is 0. The third kappa shape index (κ3) is 2.94. The average molecular weight is 200 g/mol. The lowest BCUT2D eigenvalue weighted by Gasteiger charge is -2.38. The predicted octanol–water partition coefficient (Wildman–Crippen LogP) is 0.733. The number of aliphatic hydroxyl groups is 1. The van der Waals surface area contributed by atoms with E-state index in [2.05, 4.69) is 31.4 Å². The van der Waals surface area contributed by atoms with Gasteiger partial charge in [0.2, 0.25) is 0 Å². The van der Waals surface area contributed by atoms with Crippen LogP contribution in [0.3, 0.4) is 0 Å².